The summed E-state index contributed by atoms with van der Waals surface area (Å²) in [7, 11) is 3.12. The number of anilines is 1. The molecule has 4 rings (SSSR count). The lowest BCUT2D eigenvalue weighted by Crippen LogP contribution is -2.14. The summed E-state index contributed by atoms with van der Waals surface area (Å²) in [5, 5.41) is 7.99. The van der Waals surface area contributed by atoms with E-state index in [9.17, 15) is 4.79 Å². The topological polar surface area (TPSA) is 90.6 Å². The van der Waals surface area contributed by atoms with Crippen LogP contribution in [0.4, 0.5) is 5.69 Å². The van der Waals surface area contributed by atoms with Crippen LogP contribution in [-0.2, 0) is 11.2 Å². The van der Waals surface area contributed by atoms with Crippen LogP contribution in [0.1, 0.15) is 33.6 Å². The lowest BCUT2D eigenvalue weighted by Gasteiger charge is -2.12. The molecule has 0 saturated heterocycles. The maximum absolute atomic E-state index is 12.5. The smallest absolute Gasteiger partial charge is 0.253 e. The number of ether oxygens (including phenoxy) is 2. The molecule has 0 atom stereocenters. The zero-order valence-corrected chi connectivity index (χ0v) is 21.6. The first-order valence-electron chi connectivity index (χ1n) is 11.2. The van der Waals surface area contributed by atoms with Crippen LogP contribution >= 0.6 is 11.8 Å². The molecule has 4 aromatic rings. The molecular formula is C26H29N5O3S. The second kappa shape index (κ2) is 10.4. The van der Waals surface area contributed by atoms with Gasteiger partial charge in [-0.15, -0.1) is 5.10 Å². The molecule has 2 heterocycles. The Morgan fingerprint density at radius 2 is 1.77 bits per heavy atom. The number of hydrogen-bond acceptors (Lipinski definition) is 7. The second-order valence-electron chi connectivity index (χ2n) is 8.38. The summed E-state index contributed by atoms with van der Waals surface area (Å²) < 4.78 is 12.3. The summed E-state index contributed by atoms with van der Waals surface area (Å²) in [5.74, 6) is 1.68. The van der Waals surface area contributed by atoms with Crippen molar-refractivity contribution in [3.8, 4) is 11.5 Å². The Morgan fingerprint density at radius 3 is 2.51 bits per heavy atom. The van der Waals surface area contributed by atoms with Crippen LogP contribution in [0.3, 0.4) is 0 Å². The first-order chi connectivity index (χ1) is 16.8. The number of amides is 1. The van der Waals surface area contributed by atoms with Crippen molar-refractivity contribution < 1.29 is 14.3 Å². The predicted molar refractivity (Wildman–Crippen MR) is 138 cm³/mol. The molecule has 182 valence electrons. The van der Waals surface area contributed by atoms with E-state index in [2.05, 4.69) is 52.4 Å². The van der Waals surface area contributed by atoms with Gasteiger partial charge in [-0.2, -0.15) is 4.98 Å². The molecule has 0 aliphatic heterocycles. The molecule has 9 heteroatoms. The minimum absolute atomic E-state index is 0.165. The molecule has 2 aromatic heterocycles. The van der Waals surface area contributed by atoms with Gasteiger partial charge in [-0.25, -0.2) is 9.50 Å². The zero-order chi connectivity index (χ0) is 25.1. The van der Waals surface area contributed by atoms with Crippen LogP contribution in [-0.4, -0.2) is 45.5 Å². The van der Waals surface area contributed by atoms with Crippen molar-refractivity contribution >= 4 is 29.1 Å². The molecule has 0 fully saturated rings. The number of carbonyl (C=O) groups is 1. The summed E-state index contributed by atoms with van der Waals surface area (Å²) in [4.78, 5) is 21.7. The Kier molecular flexibility index (Phi) is 7.25. The van der Waals surface area contributed by atoms with E-state index in [1.807, 2.05) is 13.8 Å². The standard InChI is InChI=1S/C26H29N5O3S/c1-15-7-8-16(2)19(11-15)12-21-17(3)27-25-29-26(30-31(25)18(21)4)35-14-24(32)28-20-9-10-22(33-5)23(13-20)34-6/h7-11,13H,12,14H2,1-6H3,(H,28,32). The molecular weight excluding hydrogens is 462 g/mol. The number of nitrogens with one attached hydrogen (secondary N) is 1. The third-order valence-electron chi connectivity index (χ3n) is 5.90. The van der Waals surface area contributed by atoms with Crippen molar-refractivity contribution in [2.24, 2.45) is 0 Å². The normalized spacial score (nSPS) is 11.0. The fourth-order valence-electron chi connectivity index (χ4n) is 3.93. The third kappa shape index (κ3) is 5.40. The Bertz CT molecular complexity index is 1400. The van der Waals surface area contributed by atoms with Crippen LogP contribution in [0, 0.1) is 27.7 Å². The van der Waals surface area contributed by atoms with Crippen LogP contribution in [0.5, 0.6) is 11.5 Å². The third-order valence-corrected chi connectivity index (χ3v) is 6.74. The number of nitrogens with zero attached hydrogens (tertiary/aromatic N) is 4. The van der Waals surface area contributed by atoms with Gasteiger partial charge < -0.3 is 14.8 Å². The van der Waals surface area contributed by atoms with Gasteiger partial charge in [0.25, 0.3) is 5.78 Å². The Balaban J connectivity index is 1.48. The maximum atomic E-state index is 12.5. The number of rotatable bonds is 8. The maximum Gasteiger partial charge on any atom is 0.253 e. The highest BCUT2D eigenvalue weighted by Gasteiger charge is 2.16. The van der Waals surface area contributed by atoms with E-state index in [0.717, 1.165) is 23.4 Å². The van der Waals surface area contributed by atoms with Gasteiger partial charge in [-0.1, -0.05) is 35.5 Å². The van der Waals surface area contributed by atoms with Crippen molar-refractivity contribution in [2.75, 3.05) is 25.3 Å². The van der Waals surface area contributed by atoms with Crippen molar-refractivity contribution in [3.05, 3.63) is 70.0 Å². The molecule has 0 radical (unpaired) electrons. The van der Waals surface area contributed by atoms with Gasteiger partial charge in [0.05, 0.1) is 20.0 Å². The average Bonchev–Trinajstić information content (AvgIpc) is 3.25. The fraction of sp³-hybridized carbons (Fsp3) is 0.308. The molecule has 2 aromatic carbocycles. The van der Waals surface area contributed by atoms with E-state index in [-0.39, 0.29) is 11.7 Å². The Labute approximate surface area is 209 Å². The van der Waals surface area contributed by atoms with E-state index in [0.29, 0.717) is 28.1 Å². The highest BCUT2D eigenvalue weighted by atomic mass is 32.2. The number of methoxy groups -OCH3 is 2. The minimum Gasteiger partial charge on any atom is -0.493 e. The molecule has 1 N–H and O–H groups in total. The second-order valence-corrected chi connectivity index (χ2v) is 9.32. The molecule has 8 nitrogen and oxygen atoms in total. The lowest BCUT2D eigenvalue weighted by molar-refractivity contribution is -0.113. The van der Waals surface area contributed by atoms with E-state index in [1.54, 1.807) is 36.9 Å². The largest absolute Gasteiger partial charge is 0.493 e. The molecule has 0 bridgehead atoms. The number of hydrogen-bond donors (Lipinski definition) is 1. The number of thioether (sulfide) groups is 1. The fourth-order valence-corrected chi connectivity index (χ4v) is 4.55. The zero-order valence-electron chi connectivity index (χ0n) is 20.8. The molecule has 0 saturated carbocycles. The molecule has 0 unspecified atom stereocenters. The van der Waals surface area contributed by atoms with Gasteiger partial charge in [0, 0.05) is 29.6 Å². The summed E-state index contributed by atoms with van der Waals surface area (Å²) >= 11 is 1.27. The summed E-state index contributed by atoms with van der Waals surface area (Å²) in [6, 6.07) is 11.7. The Hall–Kier alpha value is -3.59. The van der Waals surface area contributed by atoms with Crippen LogP contribution in [0.2, 0.25) is 0 Å². The number of carbonyl (C=O) groups excluding carboxylic acids is 1. The monoisotopic (exact) mass is 491 g/mol. The van der Waals surface area contributed by atoms with Crippen molar-refractivity contribution in [3.63, 3.8) is 0 Å². The molecule has 0 aliphatic rings. The predicted octanol–water partition coefficient (Wildman–Crippen LogP) is 4.70. The Morgan fingerprint density at radius 1 is 1.00 bits per heavy atom. The molecule has 1 amide bonds. The molecule has 0 aliphatic carbocycles. The van der Waals surface area contributed by atoms with Crippen molar-refractivity contribution in [1.82, 2.24) is 19.6 Å². The number of benzene rings is 2. The van der Waals surface area contributed by atoms with Gasteiger partial charge in [0.2, 0.25) is 11.1 Å². The molecule has 0 spiro atoms. The van der Waals surface area contributed by atoms with Crippen molar-refractivity contribution in [1.29, 1.82) is 0 Å². The SMILES string of the molecule is COc1ccc(NC(=O)CSc2nc3nc(C)c(Cc4cc(C)ccc4C)c(C)n3n2)cc1OC. The quantitative estimate of drug-likeness (QED) is 0.357. The summed E-state index contributed by atoms with van der Waals surface area (Å²) in [5.41, 5.74) is 7.47. The van der Waals surface area contributed by atoms with Gasteiger partial charge >= 0.3 is 0 Å². The number of aryl methyl sites for hydroxylation is 4. The van der Waals surface area contributed by atoms with Gasteiger partial charge in [-0.3, -0.25) is 4.79 Å². The van der Waals surface area contributed by atoms with Crippen LogP contribution in [0.15, 0.2) is 41.6 Å². The van der Waals surface area contributed by atoms with Crippen LogP contribution in [0.25, 0.3) is 5.78 Å². The average molecular weight is 492 g/mol. The lowest BCUT2D eigenvalue weighted by atomic mass is 9.97. The number of fused-ring (bicyclic) bond motifs is 1. The van der Waals surface area contributed by atoms with Gasteiger partial charge in [0.15, 0.2) is 11.5 Å². The summed E-state index contributed by atoms with van der Waals surface area (Å²) in [6.07, 6.45) is 0.782. The highest BCUT2D eigenvalue weighted by molar-refractivity contribution is 7.99. The first-order valence-corrected chi connectivity index (χ1v) is 12.2. The minimum atomic E-state index is -0.169. The van der Waals surface area contributed by atoms with E-state index >= 15 is 0 Å². The van der Waals surface area contributed by atoms with E-state index in [1.165, 1.54) is 28.5 Å². The van der Waals surface area contributed by atoms with Crippen molar-refractivity contribution in [2.45, 2.75) is 39.3 Å². The van der Waals surface area contributed by atoms with Gasteiger partial charge in [-0.05, 0) is 56.5 Å². The molecule has 35 heavy (non-hydrogen) atoms. The van der Waals surface area contributed by atoms with Crippen LogP contribution < -0.4 is 14.8 Å². The number of aromatic nitrogens is 4. The highest BCUT2D eigenvalue weighted by Crippen LogP contribution is 2.30. The summed E-state index contributed by atoms with van der Waals surface area (Å²) in [6.45, 7) is 8.27. The van der Waals surface area contributed by atoms with E-state index in [4.69, 9.17) is 9.47 Å². The first kappa shape index (κ1) is 24.5. The van der Waals surface area contributed by atoms with Gasteiger partial charge in [0.1, 0.15) is 0 Å². The van der Waals surface area contributed by atoms with E-state index < -0.39 is 0 Å².